The molecule has 0 spiro atoms. The maximum atomic E-state index is 3.62. The minimum absolute atomic E-state index is 0.312. The van der Waals surface area contributed by atoms with Crippen LogP contribution in [0.4, 0.5) is 0 Å². The van der Waals surface area contributed by atoms with Gasteiger partial charge in [-0.25, -0.2) is 0 Å². The van der Waals surface area contributed by atoms with Gasteiger partial charge in [-0.2, -0.15) is 0 Å². The van der Waals surface area contributed by atoms with Gasteiger partial charge in [0.25, 0.3) is 0 Å². The zero-order chi connectivity index (χ0) is 12.7. The summed E-state index contributed by atoms with van der Waals surface area (Å²) in [5.74, 6) is 6.14. The van der Waals surface area contributed by atoms with E-state index in [0.717, 1.165) is 23.9 Å². The molecule has 1 rings (SSSR count). The third-order valence-electron chi connectivity index (χ3n) is 2.46. The van der Waals surface area contributed by atoms with Gasteiger partial charge in [-0.3, -0.25) is 0 Å². The topological polar surface area (TPSA) is 12.0 Å². The summed E-state index contributed by atoms with van der Waals surface area (Å²) in [7, 11) is 0. The van der Waals surface area contributed by atoms with Crippen molar-refractivity contribution in [1.82, 2.24) is 5.32 Å². The van der Waals surface area contributed by atoms with Gasteiger partial charge in [-0.15, -0.1) is 11.8 Å². The largest absolute Gasteiger partial charge is 0.309 e. The Morgan fingerprint density at radius 2 is 2.24 bits per heavy atom. The minimum Gasteiger partial charge on any atom is -0.309 e. The number of rotatable bonds is 5. The highest BCUT2D eigenvalue weighted by Crippen LogP contribution is 2.27. The Bertz CT molecular complexity index is 420. The summed E-state index contributed by atoms with van der Waals surface area (Å²) >= 11 is 5.97. The fourth-order valence-electron chi connectivity index (χ4n) is 1.60. The number of nitrogens with one attached hydrogen (secondary N) is 1. The van der Waals surface area contributed by atoms with Crippen LogP contribution < -0.4 is 5.32 Å². The van der Waals surface area contributed by atoms with E-state index in [9.17, 15) is 0 Å². The van der Waals surface area contributed by atoms with Gasteiger partial charge >= 0.3 is 0 Å². The first-order valence-electron chi connectivity index (χ1n) is 5.77. The molecule has 0 aromatic heterocycles. The van der Waals surface area contributed by atoms with Crippen molar-refractivity contribution in [2.45, 2.75) is 32.7 Å². The third-order valence-corrected chi connectivity index (χ3v) is 3.85. The lowest BCUT2D eigenvalue weighted by atomic mass is 10.0. The maximum Gasteiger partial charge on any atom is 0.0442 e. The lowest BCUT2D eigenvalue weighted by Gasteiger charge is -2.18. The van der Waals surface area contributed by atoms with Gasteiger partial charge in [0, 0.05) is 20.5 Å². The molecule has 1 unspecified atom stereocenters. The summed E-state index contributed by atoms with van der Waals surface area (Å²) in [6, 6.07) is 6.75. The van der Waals surface area contributed by atoms with E-state index in [-0.39, 0.29) is 0 Å². The van der Waals surface area contributed by atoms with Crippen molar-refractivity contribution in [2.24, 2.45) is 0 Å². The second kappa shape index (κ2) is 8.12. The zero-order valence-corrected chi connectivity index (χ0v) is 13.9. The summed E-state index contributed by atoms with van der Waals surface area (Å²) in [6.45, 7) is 5.09. The van der Waals surface area contributed by atoms with Gasteiger partial charge in [0.05, 0.1) is 0 Å². The van der Waals surface area contributed by atoms with Crippen LogP contribution in [0.25, 0.3) is 0 Å². The monoisotopic (exact) mass is 405 g/mol. The first-order chi connectivity index (χ1) is 8.19. The Balaban J connectivity index is 2.92. The molecule has 0 bridgehead atoms. The molecule has 0 saturated carbocycles. The first-order valence-corrected chi connectivity index (χ1v) is 7.64. The highest BCUT2D eigenvalue weighted by Gasteiger charge is 2.12. The molecule has 3 heteroatoms. The molecule has 1 atom stereocenters. The van der Waals surface area contributed by atoms with Gasteiger partial charge in [0.1, 0.15) is 0 Å². The Hall–Kier alpha value is -0.0500. The van der Waals surface area contributed by atoms with E-state index >= 15 is 0 Å². The van der Waals surface area contributed by atoms with Crippen LogP contribution in [-0.4, -0.2) is 6.54 Å². The summed E-state index contributed by atoms with van der Waals surface area (Å²) in [6.07, 6.45) is 1.99. The maximum absolute atomic E-state index is 3.62. The average molecular weight is 406 g/mol. The second-order valence-electron chi connectivity index (χ2n) is 3.80. The summed E-state index contributed by atoms with van der Waals surface area (Å²) in [5, 5.41) is 3.55. The summed E-state index contributed by atoms with van der Waals surface area (Å²) < 4.78 is 2.41. The lowest BCUT2D eigenvalue weighted by Crippen LogP contribution is -2.22. The first kappa shape index (κ1) is 15.0. The molecule has 0 amide bonds. The molecule has 0 heterocycles. The van der Waals surface area contributed by atoms with E-state index in [1.54, 1.807) is 0 Å². The Morgan fingerprint density at radius 1 is 1.47 bits per heavy atom. The van der Waals surface area contributed by atoms with Crippen molar-refractivity contribution in [1.29, 1.82) is 0 Å². The van der Waals surface area contributed by atoms with Crippen LogP contribution in [0.5, 0.6) is 0 Å². The number of halogens is 2. The Morgan fingerprint density at radius 3 is 2.88 bits per heavy atom. The molecule has 17 heavy (non-hydrogen) atoms. The molecule has 0 fully saturated rings. The predicted octanol–water partition coefficient (Wildman–Crippen LogP) is 4.51. The number of hydrogen-bond acceptors (Lipinski definition) is 1. The number of hydrogen-bond donors (Lipinski definition) is 1. The van der Waals surface area contributed by atoms with E-state index in [1.165, 1.54) is 9.13 Å². The van der Waals surface area contributed by atoms with Crippen LogP contribution in [-0.2, 0) is 0 Å². The Kier molecular flexibility index (Phi) is 7.17. The SMILES string of the molecule is CC#CCC(NCCC)c1cc(I)ccc1Br. The quantitative estimate of drug-likeness (QED) is 0.561. The molecule has 0 aliphatic rings. The molecular formula is C14H17BrIN. The molecule has 1 nitrogen and oxygen atoms in total. The molecule has 1 aromatic carbocycles. The molecule has 0 radical (unpaired) electrons. The normalized spacial score (nSPS) is 11.8. The highest BCUT2D eigenvalue weighted by molar-refractivity contribution is 14.1. The van der Waals surface area contributed by atoms with E-state index in [1.807, 2.05) is 6.92 Å². The van der Waals surface area contributed by atoms with Crippen molar-refractivity contribution >= 4 is 38.5 Å². The van der Waals surface area contributed by atoms with Crippen LogP contribution >= 0.6 is 38.5 Å². The summed E-state index contributed by atoms with van der Waals surface area (Å²) in [5.41, 5.74) is 1.30. The van der Waals surface area contributed by atoms with Crippen molar-refractivity contribution in [3.63, 3.8) is 0 Å². The van der Waals surface area contributed by atoms with E-state index in [2.05, 4.69) is 80.8 Å². The molecule has 1 aromatic rings. The molecule has 0 aliphatic heterocycles. The van der Waals surface area contributed by atoms with E-state index < -0.39 is 0 Å². The van der Waals surface area contributed by atoms with Crippen LogP contribution in [0, 0.1) is 15.4 Å². The van der Waals surface area contributed by atoms with Crippen molar-refractivity contribution in [3.8, 4) is 11.8 Å². The highest BCUT2D eigenvalue weighted by atomic mass is 127. The molecule has 0 aliphatic carbocycles. The van der Waals surface area contributed by atoms with Crippen molar-refractivity contribution in [2.75, 3.05) is 6.54 Å². The van der Waals surface area contributed by atoms with Gasteiger partial charge in [0.2, 0.25) is 0 Å². The summed E-state index contributed by atoms with van der Waals surface area (Å²) in [4.78, 5) is 0. The Labute approximate surface area is 126 Å². The standard InChI is InChI=1S/C14H17BrIN/c1-3-5-6-14(17-9-4-2)12-10-11(16)7-8-13(12)15/h7-8,10,14,17H,4,6,9H2,1-2H3. The van der Waals surface area contributed by atoms with Crippen LogP contribution in [0.15, 0.2) is 22.7 Å². The van der Waals surface area contributed by atoms with Crippen molar-refractivity contribution in [3.05, 3.63) is 31.8 Å². The fraction of sp³-hybridized carbons (Fsp3) is 0.429. The molecule has 92 valence electrons. The second-order valence-corrected chi connectivity index (χ2v) is 5.90. The van der Waals surface area contributed by atoms with Gasteiger partial charge in [-0.05, 0) is 66.2 Å². The molecular weight excluding hydrogens is 389 g/mol. The third kappa shape index (κ3) is 4.99. The number of benzene rings is 1. The van der Waals surface area contributed by atoms with Gasteiger partial charge in [-0.1, -0.05) is 22.9 Å². The predicted molar refractivity (Wildman–Crippen MR) is 86.0 cm³/mol. The lowest BCUT2D eigenvalue weighted by molar-refractivity contribution is 0.540. The fourth-order valence-corrected chi connectivity index (χ4v) is 2.63. The van der Waals surface area contributed by atoms with Crippen LogP contribution in [0.2, 0.25) is 0 Å². The molecule has 0 saturated heterocycles. The van der Waals surface area contributed by atoms with Gasteiger partial charge < -0.3 is 5.32 Å². The van der Waals surface area contributed by atoms with Crippen LogP contribution in [0.3, 0.4) is 0 Å². The van der Waals surface area contributed by atoms with E-state index in [4.69, 9.17) is 0 Å². The zero-order valence-electron chi connectivity index (χ0n) is 10.2. The average Bonchev–Trinajstić information content (AvgIpc) is 2.33. The smallest absolute Gasteiger partial charge is 0.0442 e. The van der Waals surface area contributed by atoms with E-state index in [0.29, 0.717) is 6.04 Å². The minimum atomic E-state index is 0.312. The van der Waals surface area contributed by atoms with Crippen molar-refractivity contribution < 1.29 is 0 Å². The van der Waals surface area contributed by atoms with Crippen LogP contribution in [0.1, 0.15) is 38.3 Å². The van der Waals surface area contributed by atoms with Gasteiger partial charge in [0.15, 0.2) is 0 Å². The molecule has 1 N–H and O–H groups in total.